The standard InChI is InChI=1S/C20H17N5O4S/c1-11-3-8-16(29-11)15-10-21-24-20(23-15)30-17-9-18(27)25(19(17)28)14-6-4-13(5-7-14)22-12(2)26/h3-8,10,17H,9H2,1-2H3,(H,22,26). The van der Waals surface area contributed by atoms with E-state index >= 15 is 0 Å². The number of imide groups is 1. The van der Waals surface area contributed by atoms with Gasteiger partial charge in [-0.25, -0.2) is 9.88 Å². The molecule has 9 nitrogen and oxygen atoms in total. The van der Waals surface area contributed by atoms with Gasteiger partial charge in [0.2, 0.25) is 22.9 Å². The molecule has 0 saturated carbocycles. The largest absolute Gasteiger partial charge is 0.460 e. The number of rotatable bonds is 5. The van der Waals surface area contributed by atoms with E-state index in [1.807, 2.05) is 13.0 Å². The fraction of sp³-hybridized carbons (Fsp3) is 0.200. The number of benzene rings is 1. The van der Waals surface area contributed by atoms with E-state index in [0.29, 0.717) is 22.8 Å². The number of nitrogens with one attached hydrogen (secondary N) is 1. The number of anilines is 2. The number of nitrogens with zero attached hydrogens (tertiary/aromatic N) is 4. The molecule has 1 N–H and O–H groups in total. The maximum Gasteiger partial charge on any atom is 0.247 e. The van der Waals surface area contributed by atoms with Crippen LogP contribution in [0.15, 0.2) is 52.2 Å². The van der Waals surface area contributed by atoms with Crippen LogP contribution >= 0.6 is 11.8 Å². The van der Waals surface area contributed by atoms with Gasteiger partial charge in [-0.1, -0.05) is 11.8 Å². The first-order chi connectivity index (χ1) is 14.4. The zero-order chi connectivity index (χ0) is 21.3. The van der Waals surface area contributed by atoms with E-state index in [1.54, 1.807) is 30.3 Å². The van der Waals surface area contributed by atoms with Crippen LogP contribution in [-0.2, 0) is 14.4 Å². The van der Waals surface area contributed by atoms with Crippen molar-refractivity contribution in [3.05, 3.63) is 48.4 Å². The average molecular weight is 423 g/mol. The highest BCUT2D eigenvalue weighted by atomic mass is 32.2. The number of aryl methyl sites for hydroxylation is 1. The van der Waals surface area contributed by atoms with Crippen molar-refractivity contribution in [2.75, 3.05) is 10.2 Å². The van der Waals surface area contributed by atoms with E-state index in [9.17, 15) is 14.4 Å². The molecule has 4 rings (SSSR count). The van der Waals surface area contributed by atoms with Gasteiger partial charge in [0.15, 0.2) is 5.76 Å². The van der Waals surface area contributed by atoms with E-state index in [4.69, 9.17) is 4.42 Å². The third-order valence-corrected chi connectivity index (χ3v) is 5.37. The highest BCUT2D eigenvalue weighted by Crippen LogP contribution is 2.33. The molecule has 0 aliphatic carbocycles. The van der Waals surface area contributed by atoms with E-state index < -0.39 is 5.25 Å². The maximum atomic E-state index is 12.9. The molecule has 2 aromatic heterocycles. The zero-order valence-corrected chi connectivity index (χ0v) is 17.0. The molecule has 1 unspecified atom stereocenters. The molecule has 0 bridgehead atoms. The van der Waals surface area contributed by atoms with Gasteiger partial charge in [-0.3, -0.25) is 14.4 Å². The summed E-state index contributed by atoms with van der Waals surface area (Å²) in [5.41, 5.74) is 1.53. The van der Waals surface area contributed by atoms with Crippen LogP contribution in [-0.4, -0.2) is 38.2 Å². The first kappa shape index (κ1) is 19.8. The van der Waals surface area contributed by atoms with Crippen molar-refractivity contribution in [1.29, 1.82) is 0 Å². The lowest BCUT2D eigenvalue weighted by Gasteiger charge is -2.15. The van der Waals surface area contributed by atoms with Crippen molar-refractivity contribution in [2.45, 2.75) is 30.7 Å². The number of furan rings is 1. The van der Waals surface area contributed by atoms with Gasteiger partial charge >= 0.3 is 0 Å². The van der Waals surface area contributed by atoms with Gasteiger partial charge in [-0.2, -0.15) is 5.10 Å². The normalized spacial score (nSPS) is 16.2. The molecule has 1 aliphatic heterocycles. The number of hydrogen-bond acceptors (Lipinski definition) is 8. The van der Waals surface area contributed by atoms with Gasteiger partial charge in [0.05, 0.1) is 11.9 Å². The maximum absolute atomic E-state index is 12.9. The summed E-state index contributed by atoms with van der Waals surface area (Å²) >= 11 is 1.09. The van der Waals surface area contributed by atoms with Crippen LogP contribution in [0.2, 0.25) is 0 Å². The summed E-state index contributed by atoms with van der Waals surface area (Å²) in [6, 6.07) is 10.1. The molecule has 0 spiro atoms. The van der Waals surface area contributed by atoms with E-state index in [2.05, 4.69) is 20.5 Å². The topological polar surface area (TPSA) is 118 Å². The lowest BCUT2D eigenvalue weighted by Crippen LogP contribution is -2.31. The van der Waals surface area contributed by atoms with Crippen LogP contribution in [0, 0.1) is 6.92 Å². The molecule has 1 fully saturated rings. The number of hydrogen-bond donors (Lipinski definition) is 1. The zero-order valence-electron chi connectivity index (χ0n) is 16.2. The van der Waals surface area contributed by atoms with E-state index in [1.165, 1.54) is 13.1 Å². The van der Waals surface area contributed by atoms with E-state index in [0.717, 1.165) is 22.4 Å². The van der Waals surface area contributed by atoms with Crippen molar-refractivity contribution in [1.82, 2.24) is 15.2 Å². The van der Waals surface area contributed by atoms with Crippen molar-refractivity contribution in [3.63, 3.8) is 0 Å². The molecule has 1 saturated heterocycles. The van der Waals surface area contributed by atoms with Crippen LogP contribution in [0.1, 0.15) is 19.1 Å². The third kappa shape index (κ3) is 4.08. The average Bonchev–Trinajstić information content (AvgIpc) is 3.26. The Morgan fingerprint density at radius 1 is 1.20 bits per heavy atom. The molecular weight excluding hydrogens is 406 g/mol. The summed E-state index contributed by atoms with van der Waals surface area (Å²) in [5, 5.41) is 10.2. The van der Waals surface area contributed by atoms with Crippen molar-refractivity contribution >= 4 is 40.9 Å². The second-order valence-corrected chi connectivity index (χ2v) is 7.81. The molecule has 3 heterocycles. The first-order valence-electron chi connectivity index (χ1n) is 9.08. The smallest absolute Gasteiger partial charge is 0.247 e. The van der Waals surface area contributed by atoms with Gasteiger partial charge in [0, 0.05) is 19.0 Å². The molecule has 1 atom stereocenters. The van der Waals surface area contributed by atoms with Gasteiger partial charge < -0.3 is 9.73 Å². The Balaban J connectivity index is 1.50. The third-order valence-electron chi connectivity index (χ3n) is 4.33. The Hall–Kier alpha value is -3.53. The summed E-state index contributed by atoms with van der Waals surface area (Å²) in [6.07, 6.45) is 1.51. The second-order valence-electron chi connectivity index (χ2n) is 6.64. The number of thioether (sulfide) groups is 1. The molecule has 10 heteroatoms. The Kier molecular flexibility index (Phi) is 5.32. The van der Waals surface area contributed by atoms with Gasteiger partial charge in [-0.15, -0.1) is 5.10 Å². The van der Waals surface area contributed by atoms with Crippen molar-refractivity contribution in [2.24, 2.45) is 0 Å². The predicted molar refractivity (Wildman–Crippen MR) is 110 cm³/mol. The van der Waals surface area contributed by atoms with Crippen LogP contribution < -0.4 is 10.2 Å². The quantitative estimate of drug-likeness (QED) is 0.623. The van der Waals surface area contributed by atoms with Gasteiger partial charge in [0.1, 0.15) is 16.7 Å². The molecule has 0 radical (unpaired) electrons. The van der Waals surface area contributed by atoms with Crippen molar-refractivity contribution in [3.8, 4) is 11.5 Å². The number of carbonyl (C=O) groups is 3. The predicted octanol–water partition coefficient (Wildman–Crippen LogP) is 2.82. The SMILES string of the molecule is CC(=O)Nc1ccc(N2C(=O)CC(Sc3nncc(-c4ccc(C)o4)n3)C2=O)cc1. The van der Waals surface area contributed by atoms with Gasteiger partial charge in [0.25, 0.3) is 0 Å². The van der Waals surface area contributed by atoms with Crippen LogP contribution in [0.3, 0.4) is 0 Å². The molecular formula is C20H17N5O4S. The van der Waals surface area contributed by atoms with Crippen LogP contribution in [0.5, 0.6) is 0 Å². The highest BCUT2D eigenvalue weighted by Gasteiger charge is 2.40. The Bertz CT molecular complexity index is 1130. The Morgan fingerprint density at radius 2 is 1.97 bits per heavy atom. The van der Waals surface area contributed by atoms with Crippen molar-refractivity contribution < 1.29 is 18.8 Å². The Labute approximate surface area is 175 Å². The first-order valence-corrected chi connectivity index (χ1v) is 9.96. The summed E-state index contributed by atoms with van der Waals surface area (Å²) in [6.45, 7) is 3.23. The van der Waals surface area contributed by atoms with Gasteiger partial charge in [-0.05, 0) is 43.3 Å². The molecule has 1 aromatic carbocycles. The minimum absolute atomic E-state index is 0.0321. The monoisotopic (exact) mass is 423 g/mol. The molecule has 152 valence electrons. The summed E-state index contributed by atoms with van der Waals surface area (Å²) in [5.74, 6) is 0.442. The molecule has 3 amide bonds. The fourth-order valence-electron chi connectivity index (χ4n) is 3.02. The lowest BCUT2D eigenvalue weighted by molar-refractivity contribution is -0.121. The molecule has 1 aliphatic rings. The summed E-state index contributed by atoms with van der Waals surface area (Å²) in [7, 11) is 0. The number of carbonyl (C=O) groups excluding carboxylic acids is 3. The minimum atomic E-state index is -0.650. The fourth-order valence-corrected chi connectivity index (χ4v) is 3.95. The highest BCUT2D eigenvalue weighted by molar-refractivity contribution is 8.00. The Morgan fingerprint density at radius 3 is 2.63 bits per heavy atom. The minimum Gasteiger partial charge on any atom is -0.460 e. The second kappa shape index (κ2) is 8.07. The number of aromatic nitrogens is 3. The van der Waals surface area contributed by atoms with E-state index in [-0.39, 0.29) is 29.3 Å². The summed E-state index contributed by atoms with van der Waals surface area (Å²) in [4.78, 5) is 42.0. The van der Waals surface area contributed by atoms with Crippen LogP contribution in [0.25, 0.3) is 11.5 Å². The van der Waals surface area contributed by atoms with Crippen LogP contribution in [0.4, 0.5) is 11.4 Å². The summed E-state index contributed by atoms with van der Waals surface area (Å²) < 4.78 is 5.55. The lowest BCUT2D eigenvalue weighted by atomic mass is 10.2. The molecule has 3 aromatic rings. The number of amides is 3. The molecule has 30 heavy (non-hydrogen) atoms.